The second-order valence-electron chi connectivity index (χ2n) is 5.35. The lowest BCUT2D eigenvalue weighted by molar-refractivity contribution is -0.0380. The van der Waals surface area contributed by atoms with Gasteiger partial charge in [-0.2, -0.15) is 0 Å². The Morgan fingerprint density at radius 2 is 1.79 bits per heavy atom. The first-order valence-corrected chi connectivity index (χ1v) is 6.69. The standard InChI is InChI=1S/C17H19NO/c1-13-3-2-4-16(9-13)17(11-19-12-17)15-7-5-14(10-18)6-8-15/h2-9H,10-12,18H2,1H3. The number of aryl methyl sites for hydroxylation is 1. The van der Waals surface area contributed by atoms with Crippen molar-refractivity contribution in [3.63, 3.8) is 0 Å². The highest BCUT2D eigenvalue weighted by Crippen LogP contribution is 2.39. The summed E-state index contributed by atoms with van der Waals surface area (Å²) in [5.74, 6) is 0. The van der Waals surface area contributed by atoms with Crippen LogP contribution in [0.5, 0.6) is 0 Å². The summed E-state index contributed by atoms with van der Waals surface area (Å²) in [4.78, 5) is 0. The van der Waals surface area contributed by atoms with Gasteiger partial charge in [-0.25, -0.2) is 0 Å². The molecule has 2 heteroatoms. The van der Waals surface area contributed by atoms with Gasteiger partial charge in [-0.05, 0) is 23.6 Å². The molecule has 0 atom stereocenters. The topological polar surface area (TPSA) is 35.2 Å². The number of rotatable bonds is 3. The minimum Gasteiger partial charge on any atom is -0.379 e. The lowest BCUT2D eigenvalue weighted by Gasteiger charge is -2.42. The maximum Gasteiger partial charge on any atom is 0.0669 e. The van der Waals surface area contributed by atoms with E-state index in [1.165, 1.54) is 22.3 Å². The number of nitrogens with two attached hydrogens (primary N) is 1. The zero-order valence-electron chi connectivity index (χ0n) is 11.2. The second kappa shape index (κ2) is 4.80. The van der Waals surface area contributed by atoms with Crippen LogP contribution < -0.4 is 5.73 Å². The lowest BCUT2D eigenvalue weighted by atomic mass is 9.72. The molecule has 0 aromatic heterocycles. The molecule has 19 heavy (non-hydrogen) atoms. The van der Waals surface area contributed by atoms with Crippen LogP contribution in [0, 0.1) is 6.92 Å². The Bertz CT molecular complexity index is 570. The second-order valence-corrected chi connectivity index (χ2v) is 5.35. The average molecular weight is 253 g/mol. The van der Waals surface area contributed by atoms with Crippen LogP contribution >= 0.6 is 0 Å². The van der Waals surface area contributed by atoms with Crippen LogP contribution in [0.25, 0.3) is 0 Å². The van der Waals surface area contributed by atoms with Crippen molar-refractivity contribution in [1.29, 1.82) is 0 Å². The highest BCUT2D eigenvalue weighted by Gasteiger charge is 2.41. The zero-order valence-corrected chi connectivity index (χ0v) is 11.2. The van der Waals surface area contributed by atoms with Crippen LogP contribution in [0.4, 0.5) is 0 Å². The molecule has 1 aliphatic rings. The number of benzene rings is 2. The van der Waals surface area contributed by atoms with Crippen molar-refractivity contribution in [2.45, 2.75) is 18.9 Å². The van der Waals surface area contributed by atoms with Crippen LogP contribution in [0.2, 0.25) is 0 Å². The molecule has 1 saturated heterocycles. The van der Waals surface area contributed by atoms with Gasteiger partial charge in [-0.1, -0.05) is 54.1 Å². The fourth-order valence-corrected chi connectivity index (χ4v) is 2.71. The third kappa shape index (κ3) is 2.07. The van der Waals surface area contributed by atoms with Gasteiger partial charge in [-0.3, -0.25) is 0 Å². The van der Waals surface area contributed by atoms with Crippen molar-refractivity contribution in [2.75, 3.05) is 13.2 Å². The molecule has 0 amide bonds. The predicted molar refractivity (Wildman–Crippen MR) is 77.1 cm³/mol. The lowest BCUT2D eigenvalue weighted by Crippen LogP contribution is -2.47. The van der Waals surface area contributed by atoms with E-state index in [4.69, 9.17) is 10.5 Å². The highest BCUT2D eigenvalue weighted by atomic mass is 16.5. The van der Waals surface area contributed by atoms with E-state index in [1.54, 1.807) is 0 Å². The van der Waals surface area contributed by atoms with E-state index in [9.17, 15) is 0 Å². The summed E-state index contributed by atoms with van der Waals surface area (Å²) >= 11 is 0. The molecule has 0 spiro atoms. The van der Waals surface area contributed by atoms with Crippen molar-refractivity contribution >= 4 is 0 Å². The summed E-state index contributed by atoms with van der Waals surface area (Å²) in [6.07, 6.45) is 0. The van der Waals surface area contributed by atoms with E-state index in [0.717, 1.165) is 13.2 Å². The monoisotopic (exact) mass is 253 g/mol. The zero-order chi connectivity index (χ0) is 13.3. The molecule has 2 nitrogen and oxygen atoms in total. The molecular weight excluding hydrogens is 234 g/mol. The average Bonchev–Trinajstić information content (AvgIpc) is 2.38. The number of hydrogen-bond donors (Lipinski definition) is 1. The molecule has 2 aromatic carbocycles. The summed E-state index contributed by atoms with van der Waals surface area (Å²) in [5, 5.41) is 0. The molecule has 2 aromatic rings. The van der Waals surface area contributed by atoms with Gasteiger partial charge in [0.05, 0.1) is 18.6 Å². The highest BCUT2D eigenvalue weighted by molar-refractivity contribution is 5.43. The summed E-state index contributed by atoms with van der Waals surface area (Å²) in [5.41, 5.74) is 10.8. The van der Waals surface area contributed by atoms with Gasteiger partial charge < -0.3 is 10.5 Å². The van der Waals surface area contributed by atoms with Crippen LogP contribution in [0.15, 0.2) is 48.5 Å². The van der Waals surface area contributed by atoms with Crippen LogP contribution in [-0.2, 0) is 16.7 Å². The molecule has 0 aliphatic carbocycles. The normalized spacial score (nSPS) is 16.9. The first-order valence-electron chi connectivity index (χ1n) is 6.69. The first kappa shape index (κ1) is 12.4. The maximum absolute atomic E-state index is 5.66. The van der Waals surface area contributed by atoms with Gasteiger partial charge >= 0.3 is 0 Å². The van der Waals surface area contributed by atoms with Crippen molar-refractivity contribution < 1.29 is 4.74 Å². The fraction of sp³-hybridized carbons (Fsp3) is 0.294. The molecule has 0 radical (unpaired) electrons. The van der Waals surface area contributed by atoms with Crippen molar-refractivity contribution in [1.82, 2.24) is 0 Å². The van der Waals surface area contributed by atoms with E-state index in [-0.39, 0.29) is 5.41 Å². The number of hydrogen-bond acceptors (Lipinski definition) is 2. The molecule has 1 aliphatic heterocycles. The van der Waals surface area contributed by atoms with Gasteiger partial charge in [0, 0.05) is 6.54 Å². The van der Waals surface area contributed by atoms with Gasteiger partial charge in [0.1, 0.15) is 0 Å². The van der Waals surface area contributed by atoms with Crippen molar-refractivity contribution in [3.05, 3.63) is 70.8 Å². The van der Waals surface area contributed by atoms with E-state index >= 15 is 0 Å². The predicted octanol–water partition coefficient (Wildman–Crippen LogP) is 2.77. The first-order chi connectivity index (χ1) is 9.24. The maximum atomic E-state index is 5.66. The Labute approximate surface area is 114 Å². The fourth-order valence-electron chi connectivity index (χ4n) is 2.71. The van der Waals surface area contributed by atoms with Gasteiger partial charge in [0.25, 0.3) is 0 Å². The van der Waals surface area contributed by atoms with Gasteiger partial charge in [0.2, 0.25) is 0 Å². The van der Waals surface area contributed by atoms with Gasteiger partial charge in [0.15, 0.2) is 0 Å². The summed E-state index contributed by atoms with van der Waals surface area (Å²) in [7, 11) is 0. The quantitative estimate of drug-likeness (QED) is 0.913. The van der Waals surface area contributed by atoms with E-state index in [0.29, 0.717) is 6.54 Å². The largest absolute Gasteiger partial charge is 0.379 e. The third-order valence-electron chi connectivity index (χ3n) is 4.01. The summed E-state index contributed by atoms with van der Waals surface area (Å²) in [6, 6.07) is 17.3. The summed E-state index contributed by atoms with van der Waals surface area (Å²) < 4.78 is 5.52. The molecule has 3 rings (SSSR count). The van der Waals surface area contributed by atoms with E-state index in [2.05, 4.69) is 55.5 Å². The van der Waals surface area contributed by atoms with Crippen molar-refractivity contribution in [2.24, 2.45) is 5.73 Å². The SMILES string of the molecule is Cc1cccc(C2(c3ccc(CN)cc3)COC2)c1. The Morgan fingerprint density at radius 3 is 2.32 bits per heavy atom. The molecule has 0 bridgehead atoms. The molecule has 0 unspecified atom stereocenters. The molecule has 0 saturated carbocycles. The minimum atomic E-state index is 0.0269. The smallest absolute Gasteiger partial charge is 0.0669 e. The molecule has 1 heterocycles. The Kier molecular flexibility index (Phi) is 3.13. The van der Waals surface area contributed by atoms with E-state index < -0.39 is 0 Å². The Morgan fingerprint density at radius 1 is 1.05 bits per heavy atom. The van der Waals surface area contributed by atoms with Crippen LogP contribution in [0.1, 0.15) is 22.3 Å². The number of ether oxygens (including phenoxy) is 1. The molecular formula is C17H19NO. The molecule has 2 N–H and O–H groups in total. The summed E-state index contributed by atoms with van der Waals surface area (Å²) in [6.45, 7) is 4.25. The molecule has 98 valence electrons. The van der Waals surface area contributed by atoms with Crippen LogP contribution in [-0.4, -0.2) is 13.2 Å². The molecule has 1 fully saturated rings. The third-order valence-corrected chi connectivity index (χ3v) is 4.01. The minimum absolute atomic E-state index is 0.0269. The van der Waals surface area contributed by atoms with E-state index in [1.807, 2.05) is 0 Å². The van der Waals surface area contributed by atoms with Gasteiger partial charge in [-0.15, -0.1) is 0 Å². The van der Waals surface area contributed by atoms with Crippen LogP contribution in [0.3, 0.4) is 0 Å². The van der Waals surface area contributed by atoms with Crippen molar-refractivity contribution in [3.8, 4) is 0 Å². The Hall–Kier alpha value is -1.64. The Balaban J connectivity index is 2.02.